The van der Waals surface area contributed by atoms with Gasteiger partial charge in [0.1, 0.15) is 5.38 Å². The van der Waals surface area contributed by atoms with Crippen molar-refractivity contribution in [3.8, 4) is 0 Å². The molecule has 7 nitrogen and oxygen atoms in total. The summed E-state index contributed by atoms with van der Waals surface area (Å²) in [6, 6.07) is 0.168. The summed E-state index contributed by atoms with van der Waals surface area (Å²) in [7, 11) is -0.260. The zero-order valence-electron chi connectivity index (χ0n) is 9.84. The van der Waals surface area contributed by atoms with Crippen LogP contribution in [-0.4, -0.2) is 49.3 Å². The summed E-state index contributed by atoms with van der Waals surface area (Å²) in [5.41, 5.74) is 0. The minimum atomic E-state index is -3.22. The molecule has 1 rings (SSSR count). The number of anilines is 1. The van der Waals surface area contributed by atoms with Gasteiger partial charge in [0.2, 0.25) is 15.9 Å². The number of nitrogens with one attached hydrogen (secondary N) is 1. The summed E-state index contributed by atoms with van der Waals surface area (Å²) in [5, 5.41) is 9.73. The van der Waals surface area contributed by atoms with Crippen molar-refractivity contribution in [1.29, 1.82) is 0 Å². The highest BCUT2D eigenvalue weighted by Crippen LogP contribution is 2.18. The molecule has 1 aromatic heterocycles. The first kappa shape index (κ1) is 14.2. The minimum Gasteiger partial charge on any atom is -0.407 e. The standard InChI is InChI=1S/C8H15ClN4O3S/c1-6(9)7-11-12-8(16-7)10-4-5-17(14,15)13(2)3/h6H,4-5H2,1-3H3,(H,10,12). The Balaban J connectivity index is 2.46. The Labute approximate surface area is 105 Å². The van der Waals surface area contributed by atoms with Gasteiger partial charge in [0.15, 0.2) is 0 Å². The summed E-state index contributed by atoms with van der Waals surface area (Å²) in [5.74, 6) is 0.248. The molecule has 0 saturated carbocycles. The van der Waals surface area contributed by atoms with Crippen LogP contribution in [-0.2, 0) is 10.0 Å². The Morgan fingerprint density at radius 3 is 2.59 bits per heavy atom. The summed E-state index contributed by atoms with van der Waals surface area (Å²) in [4.78, 5) is 0. The molecule has 98 valence electrons. The number of hydrogen-bond acceptors (Lipinski definition) is 6. The Bertz CT molecular complexity index is 457. The van der Waals surface area contributed by atoms with E-state index in [9.17, 15) is 8.42 Å². The molecule has 1 atom stereocenters. The van der Waals surface area contributed by atoms with Crippen molar-refractivity contribution < 1.29 is 12.8 Å². The molecule has 1 unspecified atom stereocenters. The van der Waals surface area contributed by atoms with Gasteiger partial charge in [-0.1, -0.05) is 5.10 Å². The fourth-order valence-corrected chi connectivity index (χ4v) is 1.75. The highest BCUT2D eigenvalue weighted by molar-refractivity contribution is 7.89. The molecule has 0 fully saturated rings. The lowest BCUT2D eigenvalue weighted by Gasteiger charge is -2.10. The molecule has 17 heavy (non-hydrogen) atoms. The normalized spacial score (nSPS) is 13.9. The van der Waals surface area contributed by atoms with E-state index in [1.165, 1.54) is 14.1 Å². The van der Waals surface area contributed by atoms with Crippen LogP contribution in [0.15, 0.2) is 4.42 Å². The molecule has 0 aliphatic rings. The van der Waals surface area contributed by atoms with Crippen LogP contribution >= 0.6 is 11.6 Å². The third kappa shape index (κ3) is 4.14. The number of alkyl halides is 1. The summed E-state index contributed by atoms with van der Waals surface area (Å²) < 4.78 is 29.2. The molecular weight excluding hydrogens is 268 g/mol. The Hall–Kier alpha value is -0.860. The van der Waals surface area contributed by atoms with Crippen LogP contribution in [0.25, 0.3) is 0 Å². The van der Waals surface area contributed by atoms with Gasteiger partial charge in [-0.3, -0.25) is 0 Å². The number of halogens is 1. The lowest BCUT2D eigenvalue weighted by atomic mass is 10.5. The van der Waals surface area contributed by atoms with Crippen molar-refractivity contribution in [1.82, 2.24) is 14.5 Å². The fourth-order valence-electron chi connectivity index (χ4n) is 0.936. The van der Waals surface area contributed by atoms with Gasteiger partial charge in [-0.25, -0.2) is 12.7 Å². The van der Waals surface area contributed by atoms with Crippen molar-refractivity contribution in [3.05, 3.63) is 5.89 Å². The molecule has 1 N–H and O–H groups in total. The molecule has 0 radical (unpaired) electrons. The molecule has 0 aromatic carbocycles. The van der Waals surface area contributed by atoms with Crippen molar-refractivity contribution in [2.75, 3.05) is 31.7 Å². The third-order valence-electron chi connectivity index (χ3n) is 1.97. The molecule has 0 saturated heterocycles. The van der Waals surface area contributed by atoms with Crippen molar-refractivity contribution in [2.24, 2.45) is 0 Å². The number of nitrogens with zero attached hydrogens (tertiary/aromatic N) is 3. The molecular formula is C8H15ClN4O3S. The van der Waals surface area contributed by atoms with Gasteiger partial charge < -0.3 is 9.73 Å². The van der Waals surface area contributed by atoms with Gasteiger partial charge in [-0.05, 0) is 6.92 Å². The van der Waals surface area contributed by atoms with Crippen LogP contribution in [0.2, 0.25) is 0 Å². The number of hydrogen-bond donors (Lipinski definition) is 1. The molecule has 1 heterocycles. The largest absolute Gasteiger partial charge is 0.407 e. The third-order valence-corrected chi connectivity index (χ3v) is 3.99. The summed E-state index contributed by atoms with van der Waals surface area (Å²) >= 11 is 5.74. The number of sulfonamides is 1. The minimum absolute atomic E-state index is 0.0475. The maximum absolute atomic E-state index is 11.4. The molecule has 0 amide bonds. The lowest BCUT2D eigenvalue weighted by Crippen LogP contribution is -2.28. The van der Waals surface area contributed by atoms with Crippen LogP contribution in [0.5, 0.6) is 0 Å². The van der Waals surface area contributed by atoms with Crippen molar-refractivity contribution in [3.63, 3.8) is 0 Å². The monoisotopic (exact) mass is 282 g/mol. The van der Waals surface area contributed by atoms with Gasteiger partial charge >= 0.3 is 6.01 Å². The summed E-state index contributed by atoms with van der Waals surface area (Å²) in [6.07, 6.45) is 0. The average Bonchev–Trinajstić information content (AvgIpc) is 2.66. The SMILES string of the molecule is CC(Cl)c1nnc(NCCS(=O)(=O)N(C)C)o1. The lowest BCUT2D eigenvalue weighted by molar-refractivity contribution is 0.505. The molecule has 0 spiro atoms. The summed E-state index contributed by atoms with van der Waals surface area (Å²) in [6.45, 7) is 1.90. The van der Waals surface area contributed by atoms with E-state index in [-0.39, 0.29) is 23.7 Å². The molecule has 0 aliphatic heterocycles. The number of rotatable bonds is 6. The van der Waals surface area contributed by atoms with Crippen molar-refractivity contribution in [2.45, 2.75) is 12.3 Å². The van der Waals surface area contributed by atoms with E-state index in [1.54, 1.807) is 6.92 Å². The van der Waals surface area contributed by atoms with E-state index < -0.39 is 10.0 Å². The topological polar surface area (TPSA) is 88.3 Å². The van der Waals surface area contributed by atoms with Gasteiger partial charge in [-0.2, -0.15) is 0 Å². The highest BCUT2D eigenvalue weighted by Gasteiger charge is 2.14. The van der Waals surface area contributed by atoms with E-state index in [2.05, 4.69) is 15.5 Å². The van der Waals surface area contributed by atoms with Gasteiger partial charge in [0, 0.05) is 20.6 Å². The second-order valence-electron chi connectivity index (χ2n) is 3.59. The van der Waals surface area contributed by atoms with E-state index in [1.807, 2.05) is 0 Å². The first-order chi connectivity index (χ1) is 7.83. The van der Waals surface area contributed by atoms with Crippen LogP contribution in [0.3, 0.4) is 0 Å². The molecule has 0 aliphatic carbocycles. The first-order valence-electron chi connectivity index (χ1n) is 4.94. The number of aromatic nitrogens is 2. The second kappa shape index (κ2) is 5.65. The fraction of sp³-hybridized carbons (Fsp3) is 0.750. The van der Waals surface area contributed by atoms with Gasteiger partial charge in [0.05, 0.1) is 5.75 Å². The average molecular weight is 283 g/mol. The highest BCUT2D eigenvalue weighted by atomic mass is 35.5. The molecule has 1 aromatic rings. The predicted octanol–water partition coefficient (Wildman–Crippen LogP) is 0.673. The van der Waals surface area contributed by atoms with E-state index in [4.69, 9.17) is 16.0 Å². The zero-order valence-corrected chi connectivity index (χ0v) is 11.4. The Kier molecular flexibility index (Phi) is 4.72. The molecule has 9 heteroatoms. The predicted molar refractivity (Wildman–Crippen MR) is 64.5 cm³/mol. The molecule has 0 bridgehead atoms. The van der Waals surface area contributed by atoms with E-state index in [0.29, 0.717) is 5.89 Å². The second-order valence-corrected chi connectivity index (χ2v) is 6.54. The Morgan fingerprint density at radius 1 is 1.47 bits per heavy atom. The van der Waals surface area contributed by atoms with E-state index >= 15 is 0 Å². The maximum atomic E-state index is 11.4. The van der Waals surface area contributed by atoms with Gasteiger partial charge in [0.25, 0.3) is 0 Å². The Morgan fingerprint density at radius 2 is 2.12 bits per heavy atom. The maximum Gasteiger partial charge on any atom is 0.315 e. The zero-order chi connectivity index (χ0) is 13.1. The van der Waals surface area contributed by atoms with E-state index in [0.717, 1.165) is 4.31 Å². The van der Waals surface area contributed by atoms with Crippen LogP contribution < -0.4 is 5.32 Å². The van der Waals surface area contributed by atoms with Crippen molar-refractivity contribution >= 4 is 27.6 Å². The van der Waals surface area contributed by atoms with Crippen LogP contribution in [0.1, 0.15) is 18.2 Å². The van der Waals surface area contributed by atoms with Crippen LogP contribution in [0, 0.1) is 0 Å². The van der Waals surface area contributed by atoms with Crippen LogP contribution in [0.4, 0.5) is 6.01 Å². The first-order valence-corrected chi connectivity index (χ1v) is 6.99. The van der Waals surface area contributed by atoms with Gasteiger partial charge in [-0.15, -0.1) is 16.7 Å². The quantitative estimate of drug-likeness (QED) is 0.772. The smallest absolute Gasteiger partial charge is 0.315 e.